The zero-order valence-corrected chi connectivity index (χ0v) is 13.5. The van der Waals surface area contributed by atoms with E-state index in [2.05, 4.69) is 4.98 Å². The van der Waals surface area contributed by atoms with Crippen LogP contribution in [0, 0.1) is 5.82 Å². The summed E-state index contributed by atoms with van der Waals surface area (Å²) in [4.78, 5) is 18.9. The minimum atomic E-state index is -0.265. The van der Waals surface area contributed by atoms with Gasteiger partial charge in [0.05, 0.1) is 6.26 Å². The third-order valence-corrected chi connectivity index (χ3v) is 4.29. The maximum absolute atomic E-state index is 13.3. The summed E-state index contributed by atoms with van der Waals surface area (Å²) in [5, 5.41) is 0. The lowest BCUT2D eigenvalue weighted by Gasteiger charge is -2.21. The molecule has 2 aromatic heterocycles. The highest BCUT2D eigenvalue weighted by atomic mass is 19.1. The van der Waals surface area contributed by atoms with Crippen LogP contribution in [0.5, 0.6) is 0 Å². The van der Waals surface area contributed by atoms with Gasteiger partial charge in [-0.25, -0.2) is 9.37 Å². The smallest absolute Gasteiger partial charge is 0.276 e. The van der Waals surface area contributed by atoms with E-state index in [1.165, 1.54) is 24.8 Å². The molecule has 1 saturated carbocycles. The Kier molecular flexibility index (Phi) is 4.09. The number of rotatable bonds is 6. The highest BCUT2D eigenvalue weighted by Gasteiger charge is 2.35. The van der Waals surface area contributed by atoms with Gasteiger partial charge >= 0.3 is 0 Å². The third-order valence-electron chi connectivity index (χ3n) is 4.29. The summed E-state index contributed by atoms with van der Waals surface area (Å²) in [6.45, 7) is 0.511. The molecule has 6 heteroatoms. The molecule has 0 bridgehead atoms. The quantitative estimate of drug-likeness (QED) is 0.682. The Morgan fingerprint density at radius 3 is 2.84 bits per heavy atom. The Balaban J connectivity index is 1.53. The zero-order chi connectivity index (χ0) is 17.2. The molecule has 4 rings (SSSR count). The molecule has 0 unspecified atom stereocenters. The lowest BCUT2D eigenvalue weighted by molar-refractivity contribution is 0.0740. The number of aromatic nitrogens is 1. The van der Waals surface area contributed by atoms with E-state index in [0.29, 0.717) is 24.5 Å². The number of furan rings is 1. The topological polar surface area (TPSA) is 59.5 Å². The first-order chi connectivity index (χ1) is 12.2. The van der Waals surface area contributed by atoms with Crippen LogP contribution in [0.3, 0.4) is 0 Å². The lowest BCUT2D eigenvalue weighted by Crippen LogP contribution is -2.35. The van der Waals surface area contributed by atoms with Crippen LogP contribution in [0.1, 0.15) is 28.9 Å². The SMILES string of the molecule is O=C(c1ncoc1-c1ccco1)N(CCc1cccc(F)c1)C1CC1. The molecular formula is C19H17FN2O3. The summed E-state index contributed by atoms with van der Waals surface area (Å²) in [5.41, 5.74) is 1.12. The first-order valence-corrected chi connectivity index (χ1v) is 8.25. The molecule has 3 aromatic rings. The first kappa shape index (κ1) is 15.6. The van der Waals surface area contributed by atoms with Crippen molar-refractivity contribution in [3.05, 3.63) is 66.1 Å². The Morgan fingerprint density at radius 2 is 2.12 bits per heavy atom. The molecule has 5 nitrogen and oxygen atoms in total. The molecule has 128 valence electrons. The molecule has 2 heterocycles. The summed E-state index contributed by atoms with van der Waals surface area (Å²) in [6.07, 6.45) is 5.32. The van der Waals surface area contributed by atoms with E-state index in [9.17, 15) is 9.18 Å². The second-order valence-corrected chi connectivity index (χ2v) is 6.12. The minimum Gasteiger partial charge on any atom is -0.461 e. The van der Waals surface area contributed by atoms with Crippen molar-refractivity contribution in [1.82, 2.24) is 9.88 Å². The van der Waals surface area contributed by atoms with Gasteiger partial charge < -0.3 is 13.7 Å². The molecule has 0 saturated heterocycles. The van der Waals surface area contributed by atoms with Crippen molar-refractivity contribution in [1.29, 1.82) is 0 Å². The van der Waals surface area contributed by atoms with Crippen LogP contribution < -0.4 is 0 Å². The predicted octanol–water partition coefficient (Wildman–Crippen LogP) is 3.92. The molecule has 0 aliphatic heterocycles. The van der Waals surface area contributed by atoms with Gasteiger partial charge in [-0.2, -0.15) is 0 Å². The minimum absolute atomic E-state index is 0.181. The van der Waals surface area contributed by atoms with E-state index in [4.69, 9.17) is 8.83 Å². The van der Waals surface area contributed by atoms with E-state index in [1.807, 2.05) is 6.07 Å². The number of hydrogen-bond acceptors (Lipinski definition) is 4. The molecule has 25 heavy (non-hydrogen) atoms. The van der Waals surface area contributed by atoms with Crippen LogP contribution in [-0.4, -0.2) is 28.4 Å². The first-order valence-electron chi connectivity index (χ1n) is 8.25. The molecule has 0 N–H and O–H groups in total. The van der Waals surface area contributed by atoms with Crippen LogP contribution in [0.15, 0.2) is 57.9 Å². The van der Waals surface area contributed by atoms with Gasteiger partial charge in [0, 0.05) is 12.6 Å². The number of amides is 1. The fourth-order valence-corrected chi connectivity index (χ4v) is 2.90. The largest absolute Gasteiger partial charge is 0.461 e. The maximum Gasteiger partial charge on any atom is 0.276 e. The van der Waals surface area contributed by atoms with E-state index in [1.54, 1.807) is 23.1 Å². The van der Waals surface area contributed by atoms with Gasteiger partial charge in [-0.05, 0) is 49.1 Å². The Bertz CT molecular complexity index is 868. The lowest BCUT2D eigenvalue weighted by atomic mass is 10.1. The van der Waals surface area contributed by atoms with Gasteiger partial charge in [0.1, 0.15) is 5.82 Å². The number of benzene rings is 1. The van der Waals surface area contributed by atoms with Crippen LogP contribution in [-0.2, 0) is 6.42 Å². The van der Waals surface area contributed by atoms with Crippen molar-refractivity contribution < 1.29 is 18.0 Å². The summed E-state index contributed by atoms with van der Waals surface area (Å²) < 4.78 is 24.0. The molecule has 0 radical (unpaired) electrons. The van der Waals surface area contributed by atoms with E-state index in [0.717, 1.165) is 18.4 Å². The number of carbonyl (C=O) groups excluding carboxylic acids is 1. The van der Waals surface area contributed by atoms with E-state index >= 15 is 0 Å². The average Bonchev–Trinajstić information content (AvgIpc) is 3.11. The molecular weight excluding hydrogens is 323 g/mol. The number of halogens is 1. The Morgan fingerprint density at radius 1 is 1.24 bits per heavy atom. The third kappa shape index (κ3) is 3.33. The monoisotopic (exact) mass is 340 g/mol. The van der Waals surface area contributed by atoms with Crippen LogP contribution in [0.4, 0.5) is 4.39 Å². The zero-order valence-electron chi connectivity index (χ0n) is 13.5. The molecule has 1 aromatic carbocycles. The Labute approximate surface area is 144 Å². The summed E-state index contributed by atoms with van der Waals surface area (Å²) in [6, 6.07) is 10.1. The molecule has 1 amide bonds. The van der Waals surface area contributed by atoms with Crippen molar-refractivity contribution in [3.63, 3.8) is 0 Å². The van der Waals surface area contributed by atoms with E-state index < -0.39 is 0 Å². The molecule has 0 spiro atoms. The Hall–Kier alpha value is -2.89. The highest BCUT2D eigenvalue weighted by molar-refractivity contribution is 5.97. The van der Waals surface area contributed by atoms with Gasteiger partial charge in [-0.1, -0.05) is 12.1 Å². The van der Waals surface area contributed by atoms with Crippen LogP contribution in [0.25, 0.3) is 11.5 Å². The van der Waals surface area contributed by atoms with Crippen molar-refractivity contribution in [2.75, 3.05) is 6.54 Å². The number of oxazole rings is 1. The van der Waals surface area contributed by atoms with Gasteiger partial charge in [-0.3, -0.25) is 4.79 Å². The number of carbonyl (C=O) groups is 1. The maximum atomic E-state index is 13.3. The standard InChI is InChI=1S/C19H17FN2O3/c20-14-4-1-3-13(11-14)8-9-22(15-6-7-15)19(23)17-18(25-12-21-17)16-5-2-10-24-16/h1-5,10-12,15H,6-9H2. The van der Waals surface area contributed by atoms with Gasteiger partial charge in [0.2, 0.25) is 5.76 Å². The second kappa shape index (κ2) is 6.55. The molecule has 1 fully saturated rings. The fourth-order valence-electron chi connectivity index (χ4n) is 2.90. The summed E-state index contributed by atoms with van der Waals surface area (Å²) >= 11 is 0. The average molecular weight is 340 g/mol. The summed E-state index contributed by atoms with van der Waals surface area (Å²) in [5.74, 6) is 0.366. The summed E-state index contributed by atoms with van der Waals surface area (Å²) in [7, 11) is 0. The molecule has 1 aliphatic rings. The van der Waals surface area contributed by atoms with Crippen LogP contribution >= 0.6 is 0 Å². The normalized spacial score (nSPS) is 13.8. The fraction of sp³-hybridized carbons (Fsp3) is 0.263. The van der Waals surface area contributed by atoms with Crippen molar-refractivity contribution in [2.24, 2.45) is 0 Å². The van der Waals surface area contributed by atoms with Gasteiger partial charge in [-0.15, -0.1) is 0 Å². The van der Waals surface area contributed by atoms with Crippen molar-refractivity contribution in [3.8, 4) is 11.5 Å². The van der Waals surface area contributed by atoms with Crippen molar-refractivity contribution in [2.45, 2.75) is 25.3 Å². The van der Waals surface area contributed by atoms with Crippen molar-refractivity contribution >= 4 is 5.91 Å². The van der Waals surface area contributed by atoms with Gasteiger partial charge in [0.25, 0.3) is 5.91 Å². The van der Waals surface area contributed by atoms with Gasteiger partial charge in [0.15, 0.2) is 17.8 Å². The number of hydrogen-bond donors (Lipinski definition) is 0. The molecule has 1 aliphatic carbocycles. The highest BCUT2D eigenvalue weighted by Crippen LogP contribution is 2.31. The second-order valence-electron chi connectivity index (χ2n) is 6.12. The van der Waals surface area contributed by atoms with E-state index in [-0.39, 0.29) is 23.5 Å². The number of nitrogens with zero attached hydrogens (tertiary/aromatic N) is 2. The van der Waals surface area contributed by atoms with Crippen LogP contribution in [0.2, 0.25) is 0 Å². The predicted molar refractivity (Wildman–Crippen MR) is 88.4 cm³/mol. The molecule has 0 atom stereocenters.